The molecule has 0 saturated carbocycles. The van der Waals surface area contributed by atoms with Gasteiger partial charge in [0.05, 0.1) is 22.4 Å². The fraction of sp³-hybridized carbons (Fsp3) is 0.238. The summed E-state index contributed by atoms with van der Waals surface area (Å²) < 4.78 is 10.9. The summed E-state index contributed by atoms with van der Waals surface area (Å²) in [5, 5.41) is 7.32. The molecule has 0 saturated heterocycles. The van der Waals surface area contributed by atoms with Crippen LogP contribution in [0.5, 0.6) is 11.5 Å². The molecule has 5 nitrogen and oxygen atoms in total. The predicted molar refractivity (Wildman–Crippen MR) is 194 cm³/mol. The van der Waals surface area contributed by atoms with Crippen molar-refractivity contribution < 1.29 is 4.74 Å². The van der Waals surface area contributed by atoms with E-state index in [1.165, 1.54) is 27.5 Å². The van der Waals surface area contributed by atoms with Crippen molar-refractivity contribution in [1.29, 1.82) is 0 Å². The number of hydrogen-bond acceptors (Lipinski definition) is 3. The van der Waals surface area contributed by atoms with Crippen LogP contribution in [-0.4, -0.2) is 19.3 Å². The summed E-state index contributed by atoms with van der Waals surface area (Å²) in [6.45, 7) is 13.2. The first-order valence-electron chi connectivity index (χ1n) is 16.6. The number of rotatable bonds is 8. The average Bonchev–Trinajstić information content (AvgIpc) is 3.56. The van der Waals surface area contributed by atoms with Crippen LogP contribution in [0.15, 0.2) is 109 Å². The van der Waals surface area contributed by atoms with Crippen LogP contribution in [-0.2, 0) is 11.8 Å². The van der Waals surface area contributed by atoms with Crippen LogP contribution in [0.3, 0.4) is 0 Å². The van der Waals surface area contributed by atoms with E-state index in [1.54, 1.807) is 0 Å². The molecule has 0 unspecified atom stereocenters. The van der Waals surface area contributed by atoms with Gasteiger partial charge in [0.1, 0.15) is 17.3 Å². The van der Waals surface area contributed by atoms with Crippen LogP contribution < -0.4 is 4.74 Å². The number of pyridine rings is 1. The Morgan fingerprint density at radius 1 is 0.745 bits per heavy atom. The number of ether oxygens (including phenoxy) is 1. The lowest BCUT2D eigenvalue weighted by molar-refractivity contribution is 0.482. The summed E-state index contributed by atoms with van der Waals surface area (Å²) in [5.74, 6) is 2.46. The quantitative estimate of drug-likeness (QED) is 0.170. The van der Waals surface area contributed by atoms with Gasteiger partial charge in [0.25, 0.3) is 0 Å². The monoisotopic (exact) mass is 618 g/mol. The van der Waals surface area contributed by atoms with E-state index in [-0.39, 0.29) is 5.41 Å². The molecular formula is C42H42N4O. The van der Waals surface area contributed by atoms with E-state index < -0.39 is 0 Å². The highest BCUT2D eigenvalue weighted by Gasteiger charge is 2.20. The van der Waals surface area contributed by atoms with Gasteiger partial charge in [-0.25, -0.2) is 9.67 Å². The van der Waals surface area contributed by atoms with Crippen molar-refractivity contribution in [2.45, 2.75) is 66.2 Å². The van der Waals surface area contributed by atoms with Gasteiger partial charge in [-0.1, -0.05) is 76.6 Å². The topological polar surface area (TPSA) is 44.9 Å². The number of fused-ring (bicyclic) bond motifs is 3. The van der Waals surface area contributed by atoms with Crippen molar-refractivity contribution in [3.8, 4) is 34.1 Å². The molecule has 3 heterocycles. The maximum absolute atomic E-state index is 6.58. The minimum Gasteiger partial charge on any atom is -0.457 e. The molecule has 0 amide bonds. The van der Waals surface area contributed by atoms with Crippen LogP contribution in [0.25, 0.3) is 44.4 Å². The third kappa shape index (κ3) is 5.83. The van der Waals surface area contributed by atoms with E-state index in [0.29, 0.717) is 0 Å². The van der Waals surface area contributed by atoms with E-state index in [4.69, 9.17) is 14.8 Å². The maximum Gasteiger partial charge on any atom is 0.137 e. The van der Waals surface area contributed by atoms with Crippen LogP contribution >= 0.6 is 0 Å². The molecule has 4 aromatic carbocycles. The van der Waals surface area contributed by atoms with Crippen molar-refractivity contribution in [2.75, 3.05) is 0 Å². The third-order valence-corrected chi connectivity index (χ3v) is 9.11. The molecule has 236 valence electrons. The number of unbranched alkanes of at least 4 members (excludes halogenated alkanes) is 1. The predicted octanol–water partition coefficient (Wildman–Crippen LogP) is 11.1. The van der Waals surface area contributed by atoms with Gasteiger partial charge in [-0.15, -0.1) is 0 Å². The molecule has 0 aliphatic rings. The van der Waals surface area contributed by atoms with E-state index in [0.717, 1.165) is 70.3 Å². The standard InChI is InChI=1S/C42H42N4O/c1-7-8-13-30-22-23-43-40(24-30)45-38-21-18-32(42(4,5)6)25-37(38)36-20-19-35(27-39(36)45)47-34-17-12-16-33(26-34)46-29(3)41(28(2)44-46)31-14-10-9-11-15-31/h9-12,14-27H,7-8,13H2,1-6H3. The van der Waals surface area contributed by atoms with E-state index in [2.05, 4.69) is 131 Å². The van der Waals surface area contributed by atoms with E-state index in [1.807, 2.05) is 29.1 Å². The normalized spacial score (nSPS) is 11.9. The second-order valence-electron chi connectivity index (χ2n) is 13.5. The fourth-order valence-electron chi connectivity index (χ4n) is 6.63. The Kier molecular flexibility index (Phi) is 7.93. The summed E-state index contributed by atoms with van der Waals surface area (Å²) >= 11 is 0. The summed E-state index contributed by atoms with van der Waals surface area (Å²) in [4.78, 5) is 4.87. The number of nitrogens with zero attached hydrogens (tertiary/aromatic N) is 4. The molecule has 3 aromatic heterocycles. The van der Waals surface area contributed by atoms with Crippen LogP contribution in [0.4, 0.5) is 0 Å². The lowest BCUT2D eigenvalue weighted by atomic mass is 9.86. The number of aryl methyl sites for hydroxylation is 2. The summed E-state index contributed by atoms with van der Waals surface area (Å²) in [7, 11) is 0. The highest BCUT2D eigenvalue weighted by atomic mass is 16.5. The van der Waals surface area contributed by atoms with Crippen molar-refractivity contribution in [3.05, 3.63) is 132 Å². The van der Waals surface area contributed by atoms with Crippen LogP contribution in [0, 0.1) is 13.8 Å². The molecule has 0 fully saturated rings. The van der Waals surface area contributed by atoms with Crippen molar-refractivity contribution in [3.63, 3.8) is 0 Å². The van der Waals surface area contributed by atoms with Crippen molar-refractivity contribution in [1.82, 2.24) is 19.3 Å². The van der Waals surface area contributed by atoms with Gasteiger partial charge in [-0.3, -0.25) is 4.57 Å². The van der Waals surface area contributed by atoms with Crippen LogP contribution in [0.2, 0.25) is 0 Å². The highest BCUT2D eigenvalue weighted by molar-refractivity contribution is 6.09. The minimum absolute atomic E-state index is 0.0440. The van der Waals surface area contributed by atoms with Gasteiger partial charge in [0.2, 0.25) is 0 Å². The Labute approximate surface area is 277 Å². The maximum atomic E-state index is 6.58. The van der Waals surface area contributed by atoms with Gasteiger partial charge in [0.15, 0.2) is 0 Å². The largest absolute Gasteiger partial charge is 0.457 e. The summed E-state index contributed by atoms with van der Waals surface area (Å²) in [6, 6.07) is 36.2. The molecule has 7 rings (SSSR count). The lowest BCUT2D eigenvalue weighted by Crippen LogP contribution is -2.10. The molecule has 0 atom stereocenters. The van der Waals surface area contributed by atoms with Gasteiger partial charge in [-0.05, 0) is 97.3 Å². The molecule has 0 bridgehead atoms. The highest BCUT2D eigenvalue weighted by Crippen LogP contribution is 2.38. The second-order valence-corrected chi connectivity index (χ2v) is 13.5. The van der Waals surface area contributed by atoms with Crippen LogP contribution in [0.1, 0.15) is 63.1 Å². The molecule has 0 N–H and O–H groups in total. The Morgan fingerprint density at radius 3 is 2.34 bits per heavy atom. The van der Waals surface area contributed by atoms with Gasteiger partial charge in [-0.2, -0.15) is 5.10 Å². The molecule has 7 aromatic rings. The molecule has 0 radical (unpaired) electrons. The molecule has 0 spiro atoms. The number of benzene rings is 4. The van der Waals surface area contributed by atoms with Gasteiger partial charge >= 0.3 is 0 Å². The number of aromatic nitrogens is 4. The molecule has 47 heavy (non-hydrogen) atoms. The zero-order chi connectivity index (χ0) is 32.7. The Balaban J connectivity index is 1.30. The minimum atomic E-state index is 0.0440. The Bertz CT molecular complexity index is 2220. The fourth-order valence-corrected chi connectivity index (χ4v) is 6.63. The molecular weight excluding hydrogens is 576 g/mol. The van der Waals surface area contributed by atoms with Crippen molar-refractivity contribution in [2.24, 2.45) is 0 Å². The molecule has 5 heteroatoms. The van der Waals surface area contributed by atoms with E-state index >= 15 is 0 Å². The van der Waals surface area contributed by atoms with Crippen molar-refractivity contribution >= 4 is 21.8 Å². The zero-order valence-electron chi connectivity index (χ0n) is 28.2. The van der Waals surface area contributed by atoms with E-state index in [9.17, 15) is 0 Å². The summed E-state index contributed by atoms with van der Waals surface area (Å²) in [5.41, 5.74) is 10.3. The summed E-state index contributed by atoms with van der Waals surface area (Å²) in [6.07, 6.45) is 5.31. The first-order chi connectivity index (χ1) is 22.7. The second kappa shape index (κ2) is 12.2. The third-order valence-electron chi connectivity index (χ3n) is 9.11. The first kappa shape index (κ1) is 30.5. The van der Waals surface area contributed by atoms with Gasteiger partial charge in [0, 0.05) is 40.4 Å². The first-order valence-corrected chi connectivity index (χ1v) is 16.6. The zero-order valence-corrected chi connectivity index (χ0v) is 28.2. The lowest BCUT2D eigenvalue weighted by Gasteiger charge is -2.19. The SMILES string of the molecule is CCCCc1ccnc(-n2c3ccc(C(C)(C)C)cc3c3ccc(Oc4cccc(-n5nc(C)c(-c6ccccc6)c5C)c4)cc32)c1. The molecule has 0 aliphatic carbocycles. The smallest absolute Gasteiger partial charge is 0.137 e. The van der Waals surface area contributed by atoms with Gasteiger partial charge < -0.3 is 4.74 Å². The number of hydrogen-bond donors (Lipinski definition) is 0. The average molecular weight is 619 g/mol. The molecule has 0 aliphatic heterocycles. The Hall–Kier alpha value is -5.16. The Morgan fingerprint density at radius 2 is 1.55 bits per heavy atom.